The molecule has 0 bridgehead atoms. The predicted molar refractivity (Wildman–Crippen MR) is 167 cm³/mol. The lowest BCUT2D eigenvalue weighted by molar-refractivity contribution is -0.116. The molecule has 2 amide bonds. The average molecular weight is 582 g/mol. The molecule has 0 aliphatic carbocycles. The number of thioether (sulfide) groups is 1. The number of nitrogens with one attached hydrogen (secondary N) is 2. The van der Waals surface area contributed by atoms with Crippen LogP contribution in [0, 0.1) is 0 Å². The Morgan fingerprint density at radius 3 is 2.35 bits per heavy atom. The number of carbonyl (C=O) groups excluding carboxylic acids is 2. The number of thiazole rings is 1. The number of hydrogen-bond donors (Lipinski definition) is 2. The maximum absolute atomic E-state index is 13.5. The van der Waals surface area contributed by atoms with Crippen molar-refractivity contribution in [3.63, 3.8) is 0 Å². The standard InChI is InChI=1S/C32H24ClN3O2S2/c33-27-17-8-7-16-26(27)28-21-39-32(35-28)36-31(38)30(23-12-5-2-6-13-23)40-25-15-9-14-24(20-25)34-29(37)19-18-22-10-3-1-4-11-22/h1-21,30H,(H,34,37)(H,35,36,38)/b19-18+. The quantitative estimate of drug-likeness (QED) is 0.135. The van der Waals surface area contributed by atoms with Crippen molar-refractivity contribution in [3.05, 3.63) is 137 Å². The Kier molecular flexibility index (Phi) is 9.08. The summed E-state index contributed by atoms with van der Waals surface area (Å²) in [7, 11) is 0. The third-order valence-electron chi connectivity index (χ3n) is 5.81. The van der Waals surface area contributed by atoms with Crippen LogP contribution in [0.4, 0.5) is 10.8 Å². The summed E-state index contributed by atoms with van der Waals surface area (Å²) in [6.07, 6.45) is 3.26. The van der Waals surface area contributed by atoms with Gasteiger partial charge in [0.15, 0.2) is 5.13 Å². The molecule has 5 rings (SSSR count). The van der Waals surface area contributed by atoms with Crippen molar-refractivity contribution in [1.29, 1.82) is 0 Å². The molecular weight excluding hydrogens is 558 g/mol. The van der Waals surface area contributed by atoms with Crippen molar-refractivity contribution in [2.45, 2.75) is 10.1 Å². The van der Waals surface area contributed by atoms with E-state index >= 15 is 0 Å². The van der Waals surface area contributed by atoms with Crippen LogP contribution in [0.3, 0.4) is 0 Å². The molecule has 5 nitrogen and oxygen atoms in total. The molecule has 198 valence electrons. The molecule has 0 spiro atoms. The fraction of sp³-hybridized carbons (Fsp3) is 0.0312. The first kappa shape index (κ1) is 27.4. The highest BCUT2D eigenvalue weighted by molar-refractivity contribution is 8.00. The van der Waals surface area contributed by atoms with Gasteiger partial charge in [0, 0.05) is 32.6 Å². The van der Waals surface area contributed by atoms with Crippen LogP contribution in [0.1, 0.15) is 16.4 Å². The van der Waals surface area contributed by atoms with E-state index in [1.54, 1.807) is 6.08 Å². The van der Waals surface area contributed by atoms with E-state index in [0.29, 0.717) is 21.5 Å². The van der Waals surface area contributed by atoms with Crippen molar-refractivity contribution >= 4 is 63.4 Å². The molecule has 1 atom stereocenters. The fourth-order valence-electron chi connectivity index (χ4n) is 3.90. The number of nitrogens with zero attached hydrogens (tertiary/aromatic N) is 1. The fourth-order valence-corrected chi connectivity index (χ4v) is 5.93. The molecule has 0 radical (unpaired) electrons. The maximum Gasteiger partial charge on any atom is 0.248 e. The molecule has 8 heteroatoms. The molecular formula is C32H24ClN3O2S2. The van der Waals surface area contributed by atoms with Gasteiger partial charge in [0.2, 0.25) is 11.8 Å². The monoisotopic (exact) mass is 581 g/mol. The number of anilines is 2. The summed E-state index contributed by atoms with van der Waals surface area (Å²) in [4.78, 5) is 31.5. The van der Waals surface area contributed by atoms with Crippen LogP contribution < -0.4 is 10.6 Å². The van der Waals surface area contributed by atoms with Gasteiger partial charge in [-0.2, -0.15) is 0 Å². The van der Waals surface area contributed by atoms with Crippen LogP contribution >= 0.6 is 34.7 Å². The summed E-state index contributed by atoms with van der Waals surface area (Å²) >= 11 is 9.08. The van der Waals surface area contributed by atoms with Gasteiger partial charge in [0.1, 0.15) is 5.25 Å². The summed E-state index contributed by atoms with van der Waals surface area (Å²) in [5.74, 6) is -0.432. The molecule has 40 heavy (non-hydrogen) atoms. The van der Waals surface area contributed by atoms with E-state index in [2.05, 4.69) is 15.6 Å². The van der Waals surface area contributed by atoms with Crippen molar-refractivity contribution in [2.75, 3.05) is 10.6 Å². The first-order chi connectivity index (χ1) is 19.5. The van der Waals surface area contributed by atoms with E-state index in [0.717, 1.165) is 21.6 Å². The maximum atomic E-state index is 13.5. The number of aromatic nitrogens is 1. The normalized spacial score (nSPS) is 11.7. The van der Waals surface area contributed by atoms with Crippen molar-refractivity contribution in [2.24, 2.45) is 0 Å². The van der Waals surface area contributed by atoms with Crippen molar-refractivity contribution in [1.82, 2.24) is 4.98 Å². The first-order valence-corrected chi connectivity index (χ1v) is 14.6. The number of amides is 2. The van der Waals surface area contributed by atoms with E-state index in [1.165, 1.54) is 29.2 Å². The average Bonchev–Trinajstić information content (AvgIpc) is 3.44. The van der Waals surface area contributed by atoms with Crippen molar-refractivity contribution < 1.29 is 9.59 Å². The lowest BCUT2D eigenvalue weighted by Crippen LogP contribution is -2.19. The number of halogens is 1. The second-order valence-electron chi connectivity index (χ2n) is 8.68. The van der Waals surface area contributed by atoms with Gasteiger partial charge in [0.05, 0.1) is 5.69 Å². The van der Waals surface area contributed by atoms with E-state index in [9.17, 15) is 9.59 Å². The Hall–Kier alpha value is -4.17. The highest BCUT2D eigenvalue weighted by Crippen LogP contribution is 2.38. The van der Waals surface area contributed by atoms with Gasteiger partial charge in [-0.25, -0.2) is 4.98 Å². The van der Waals surface area contributed by atoms with Gasteiger partial charge in [-0.1, -0.05) is 96.5 Å². The number of benzene rings is 4. The number of rotatable bonds is 9. The third-order valence-corrected chi connectivity index (χ3v) is 8.14. The molecule has 0 aliphatic heterocycles. The Labute approximate surface area is 246 Å². The van der Waals surface area contributed by atoms with Gasteiger partial charge < -0.3 is 10.6 Å². The van der Waals surface area contributed by atoms with Gasteiger partial charge in [-0.3, -0.25) is 9.59 Å². The molecule has 2 N–H and O–H groups in total. The SMILES string of the molecule is O=C(/C=C/c1ccccc1)Nc1cccc(SC(C(=O)Nc2nc(-c3ccccc3Cl)cs2)c2ccccc2)c1. The Morgan fingerprint density at radius 1 is 0.850 bits per heavy atom. The summed E-state index contributed by atoms with van der Waals surface area (Å²) in [5, 5.41) is 8.30. The lowest BCUT2D eigenvalue weighted by atomic mass is 10.1. The topological polar surface area (TPSA) is 71.1 Å². The minimum absolute atomic E-state index is 0.198. The number of hydrogen-bond acceptors (Lipinski definition) is 5. The van der Waals surface area contributed by atoms with E-state index in [1.807, 2.05) is 115 Å². The number of carbonyl (C=O) groups is 2. The summed E-state index contributed by atoms with van der Waals surface area (Å²) in [6.45, 7) is 0. The summed E-state index contributed by atoms with van der Waals surface area (Å²) in [5.41, 5.74) is 3.96. The molecule has 0 saturated carbocycles. The van der Waals surface area contributed by atoms with E-state index in [4.69, 9.17) is 11.6 Å². The van der Waals surface area contributed by atoms with Gasteiger partial charge in [-0.05, 0) is 41.5 Å². The second-order valence-corrected chi connectivity index (χ2v) is 11.1. The van der Waals surface area contributed by atoms with Crippen LogP contribution in [0.5, 0.6) is 0 Å². The first-order valence-electron chi connectivity index (χ1n) is 12.4. The molecule has 1 unspecified atom stereocenters. The van der Waals surface area contributed by atoms with Gasteiger partial charge >= 0.3 is 0 Å². The molecule has 1 aromatic heterocycles. The van der Waals surface area contributed by atoms with Crippen molar-refractivity contribution in [3.8, 4) is 11.3 Å². The summed E-state index contributed by atoms with van der Waals surface area (Å²) < 4.78 is 0. The van der Waals surface area contributed by atoms with Crippen LogP contribution in [-0.4, -0.2) is 16.8 Å². The van der Waals surface area contributed by atoms with Crippen LogP contribution in [-0.2, 0) is 9.59 Å². The molecule has 1 heterocycles. The Balaban J connectivity index is 1.31. The van der Waals surface area contributed by atoms with Crippen LogP contribution in [0.2, 0.25) is 5.02 Å². The molecule has 5 aromatic rings. The zero-order valence-corrected chi connectivity index (χ0v) is 23.5. The lowest BCUT2D eigenvalue weighted by Gasteiger charge is -2.17. The van der Waals surface area contributed by atoms with Crippen LogP contribution in [0.15, 0.2) is 126 Å². The highest BCUT2D eigenvalue weighted by Gasteiger charge is 2.23. The Bertz CT molecular complexity index is 1640. The zero-order valence-electron chi connectivity index (χ0n) is 21.2. The molecule has 0 saturated heterocycles. The third kappa shape index (κ3) is 7.27. The largest absolute Gasteiger partial charge is 0.322 e. The van der Waals surface area contributed by atoms with E-state index < -0.39 is 5.25 Å². The summed E-state index contributed by atoms with van der Waals surface area (Å²) in [6, 6.07) is 34.1. The minimum atomic E-state index is -0.544. The molecule has 0 aliphatic rings. The molecule has 0 fully saturated rings. The smallest absolute Gasteiger partial charge is 0.248 e. The predicted octanol–water partition coefficient (Wildman–Crippen LogP) is 8.59. The Morgan fingerprint density at radius 2 is 1.57 bits per heavy atom. The zero-order chi connectivity index (χ0) is 27.7. The highest BCUT2D eigenvalue weighted by atomic mass is 35.5. The van der Waals surface area contributed by atoms with Gasteiger partial charge in [0.25, 0.3) is 0 Å². The van der Waals surface area contributed by atoms with Crippen LogP contribution in [0.25, 0.3) is 17.3 Å². The molecule has 4 aromatic carbocycles. The van der Waals surface area contributed by atoms with E-state index in [-0.39, 0.29) is 11.8 Å². The minimum Gasteiger partial charge on any atom is -0.322 e. The second kappa shape index (κ2) is 13.3. The van der Waals surface area contributed by atoms with Gasteiger partial charge in [-0.15, -0.1) is 23.1 Å².